The van der Waals surface area contributed by atoms with E-state index in [2.05, 4.69) is 15.6 Å². The van der Waals surface area contributed by atoms with Crippen LogP contribution >= 0.6 is 0 Å². The van der Waals surface area contributed by atoms with Gasteiger partial charge in [-0.2, -0.15) is 0 Å². The third-order valence-corrected chi connectivity index (χ3v) is 1.48. The molecule has 70 valence electrons. The Kier molecular flexibility index (Phi) is 4.56. The van der Waals surface area contributed by atoms with Crippen molar-refractivity contribution in [3.05, 3.63) is 30.6 Å². The minimum Gasteiger partial charge on any atom is -0.354 e. The minimum absolute atomic E-state index is 0.103. The second-order valence-electron chi connectivity index (χ2n) is 2.55. The fourth-order valence-electron chi connectivity index (χ4n) is 0.867. The van der Waals surface area contributed by atoms with Gasteiger partial charge in [0, 0.05) is 25.5 Å². The highest BCUT2D eigenvalue weighted by molar-refractivity contribution is 5.78. The van der Waals surface area contributed by atoms with E-state index in [1.807, 2.05) is 18.2 Å². The molecule has 1 aromatic heterocycles. The van der Waals surface area contributed by atoms with Gasteiger partial charge in [0.2, 0.25) is 5.91 Å². The van der Waals surface area contributed by atoms with E-state index in [9.17, 15) is 4.79 Å². The van der Waals surface area contributed by atoms with Gasteiger partial charge >= 0.3 is 0 Å². The Morgan fingerprint density at radius 1 is 1.15 bits per heavy atom. The van der Waals surface area contributed by atoms with Crippen LogP contribution in [0.25, 0.3) is 0 Å². The lowest BCUT2D eigenvalue weighted by Gasteiger charge is -2.11. The molecular formula is C9H13N3O. The van der Waals surface area contributed by atoms with Crippen molar-refractivity contribution < 1.29 is 4.79 Å². The maximum atomic E-state index is 10.3. The first-order valence-corrected chi connectivity index (χ1v) is 4.22. The normalized spacial score (nSPS) is 15.2. The van der Waals surface area contributed by atoms with Crippen LogP contribution in [0.4, 0.5) is 0 Å². The van der Waals surface area contributed by atoms with Gasteiger partial charge in [-0.25, -0.2) is 0 Å². The fourth-order valence-corrected chi connectivity index (χ4v) is 0.867. The Morgan fingerprint density at radius 2 is 1.92 bits per heavy atom. The lowest BCUT2D eigenvalue weighted by atomic mass is 10.4. The van der Waals surface area contributed by atoms with Gasteiger partial charge in [0.15, 0.2) is 0 Å². The van der Waals surface area contributed by atoms with E-state index in [0.29, 0.717) is 6.54 Å². The van der Waals surface area contributed by atoms with Gasteiger partial charge in [0.1, 0.15) is 0 Å². The predicted molar refractivity (Wildman–Crippen MR) is 50.1 cm³/mol. The summed E-state index contributed by atoms with van der Waals surface area (Å²) in [6.07, 6.45) is 3.50. The maximum Gasteiger partial charge on any atom is 0.234 e. The van der Waals surface area contributed by atoms with Gasteiger partial charge in [-0.05, 0) is 12.1 Å². The van der Waals surface area contributed by atoms with Crippen LogP contribution in [-0.4, -0.2) is 30.5 Å². The average molecular weight is 179 g/mol. The van der Waals surface area contributed by atoms with E-state index in [4.69, 9.17) is 0 Å². The molecule has 2 rings (SSSR count). The molecule has 2 N–H and O–H groups in total. The van der Waals surface area contributed by atoms with Gasteiger partial charge in [-0.1, -0.05) is 6.07 Å². The molecule has 0 bridgehead atoms. The molecule has 2 heterocycles. The first-order chi connectivity index (χ1) is 6.39. The monoisotopic (exact) mass is 179 g/mol. The number of carbonyl (C=O) groups is 1. The Balaban J connectivity index is 0.000000132. The summed E-state index contributed by atoms with van der Waals surface area (Å²) in [7, 11) is 0. The molecule has 4 heteroatoms. The highest BCUT2D eigenvalue weighted by Crippen LogP contribution is 1.73. The zero-order valence-corrected chi connectivity index (χ0v) is 7.36. The number of rotatable bonds is 0. The van der Waals surface area contributed by atoms with Crippen molar-refractivity contribution in [2.75, 3.05) is 19.6 Å². The molecule has 1 aromatic rings. The molecule has 0 atom stereocenters. The molecule has 1 aliphatic heterocycles. The van der Waals surface area contributed by atoms with E-state index < -0.39 is 0 Å². The van der Waals surface area contributed by atoms with Crippen LogP contribution in [0.5, 0.6) is 0 Å². The van der Waals surface area contributed by atoms with Crippen molar-refractivity contribution in [2.24, 2.45) is 0 Å². The number of pyridine rings is 1. The van der Waals surface area contributed by atoms with Gasteiger partial charge in [0.05, 0.1) is 6.54 Å². The molecule has 4 nitrogen and oxygen atoms in total. The Labute approximate surface area is 77.4 Å². The molecular weight excluding hydrogens is 166 g/mol. The lowest BCUT2D eigenvalue weighted by Crippen LogP contribution is -2.44. The quantitative estimate of drug-likeness (QED) is 0.579. The minimum atomic E-state index is 0.103. The number of aromatic nitrogens is 1. The molecule has 0 saturated carbocycles. The lowest BCUT2D eigenvalue weighted by molar-refractivity contribution is -0.121. The van der Waals surface area contributed by atoms with Crippen LogP contribution in [-0.2, 0) is 4.79 Å². The van der Waals surface area contributed by atoms with Crippen LogP contribution in [0.15, 0.2) is 30.6 Å². The molecule has 13 heavy (non-hydrogen) atoms. The van der Waals surface area contributed by atoms with Crippen molar-refractivity contribution in [3.63, 3.8) is 0 Å². The molecule has 1 aliphatic rings. The fraction of sp³-hybridized carbons (Fsp3) is 0.333. The summed E-state index contributed by atoms with van der Waals surface area (Å²) in [6.45, 7) is 2.17. The van der Waals surface area contributed by atoms with E-state index in [1.54, 1.807) is 12.4 Å². The second-order valence-corrected chi connectivity index (χ2v) is 2.55. The highest BCUT2D eigenvalue weighted by Gasteiger charge is 2.02. The topological polar surface area (TPSA) is 54.0 Å². The largest absolute Gasteiger partial charge is 0.354 e. The molecule has 0 aromatic carbocycles. The maximum absolute atomic E-state index is 10.3. The Hall–Kier alpha value is -1.42. The van der Waals surface area contributed by atoms with Crippen molar-refractivity contribution in [1.82, 2.24) is 15.6 Å². The number of nitrogens with zero attached hydrogens (tertiary/aromatic N) is 1. The highest BCUT2D eigenvalue weighted by atomic mass is 16.2. The molecule has 0 aliphatic carbocycles. The van der Waals surface area contributed by atoms with Crippen LogP contribution in [0, 0.1) is 0 Å². The van der Waals surface area contributed by atoms with Crippen LogP contribution in [0.3, 0.4) is 0 Å². The summed E-state index contributed by atoms with van der Waals surface area (Å²) in [5.41, 5.74) is 0. The molecule has 1 fully saturated rings. The first kappa shape index (κ1) is 9.67. The number of nitrogens with one attached hydrogen (secondary N) is 2. The van der Waals surface area contributed by atoms with Crippen molar-refractivity contribution in [3.8, 4) is 0 Å². The summed E-state index contributed by atoms with van der Waals surface area (Å²) in [6, 6.07) is 5.72. The Bertz CT molecular complexity index is 203. The van der Waals surface area contributed by atoms with Crippen LogP contribution < -0.4 is 10.6 Å². The zero-order chi connectivity index (χ0) is 9.36. The van der Waals surface area contributed by atoms with E-state index in [-0.39, 0.29) is 5.91 Å². The third-order valence-electron chi connectivity index (χ3n) is 1.48. The van der Waals surface area contributed by atoms with Gasteiger partial charge in [0.25, 0.3) is 0 Å². The number of hydrogen-bond donors (Lipinski definition) is 2. The van der Waals surface area contributed by atoms with Gasteiger partial charge in [-0.3, -0.25) is 9.78 Å². The van der Waals surface area contributed by atoms with Crippen molar-refractivity contribution in [1.29, 1.82) is 0 Å². The summed E-state index contributed by atoms with van der Waals surface area (Å²) >= 11 is 0. The second kappa shape index (κ2) is 6.14. The van der Waals surface area contributed by atoms with Gasteiger partial charge in [-0.15, -0.1) is 0 Å². The number of amides is 1. The first-order valence-electron chi connectivity index (χ1n) is 4.22. The average Bonchev–Trinajstić information content (AvgIpc) is 2.22. The molecule has 0 unspecified atom stereocenters. The summed E-state index contributed by atoms with van der Waals surface area (Å²) in [5.74, 6) is 0.103. The predicted octanol–water partition coefficient (Wildman–Crippen LogP) is -0.213. The SMILES string of the molecule is O=C1CNCCN1.c1ccncc1. The van der Waals surface area contributed by atoms with Crippen molar-refractivity contribution in [2.45, 2.75) is 0 Å². The van der Waals surface area contributed by atoms with Crippen LogP contribution in [0.2, 0.25) is 0 Å². The standard InChI is InChI=1S/C5H5N.C4H8N2O/c1-2-4-6-5-3-1;7-4-3-5-1-2-6-4/h1-5H;5H,1-3H2,(H,6,7). The van der Waals surface area contributed by atoms with E-state index in [1.165, 1.54) is 0 Å². The molecule has 1 amide bonds. The summed E-state index contributed by atoms with van der Waals surface area (Å²) in [4.78, 5) is 14.1. The number of piperazine rings is 1. The van der Waals surface area contributed by atoms with Gasteiger partial charge < -0.3 is 10.6 Å². The summed E-state index contributed by atoms with van der Waals surface area (Å²) < 4.78 is 0. The Morgan fingerprint density at radius 3 is 2.15 bits per heavy atom. The molecule has 1 saturated heterocycles. The molecule has 0 radical (unpaired) electrons. The third kappa shape index (κ3) is 4.92. The van der Waals surface area contributed by atoms with Crippen molar-refractivity contribution >= 4 is 5.91 Å². The smallest absolute Gasteiger partial charge is 0.234 e. The number of carbonyl (C=O) groups excluding carboxylic acids is 1. The molecule has 0 spiro atoms. The van der Waals surface area contributed by atoms with Crippen LogP contribution in [0.1, 0.15) is 0 Å². The zero-order valence-electron chi connectivity index (χ0n) is 7.36. The summed E-state index contributed by atoms with van der Waals surface area (Å²) in [5, 5.41) is 5.60. The van der Waals surface area contributed by atoms with E-state index in [0.717, 1.165) is 13.1 Å². The number of hydrogen-bond acceptors (Lipinski definition) is 3. The van der Waals surface area contributed by atoms with E-state index >= 15 is 0 Å².